The van der Waals surface area contributed by atoms with Crippen molar-refractivity contribution in [3.8, 4) is 22.6 Å². The zero-order chi connectivity index (χ0) is 27.9. The van der Waals surface area contributed by atoms with E-state index in [2.05, 4.69) is 10.2 Å². The molecule has 1 aliphatic heterocycles. The van der Waals surface area contributed by atoms with Gasteiger partial charge in [-0.05, 0) is 55.2 Å². The molecule has 0 aromatic heterocycles. The summed E-state index contributed by atoms with van der Waals surface area (Å²) < 4.78 is 31.3. The number of methoxy groups -OCH3 is 1. The van der Waals surface area contributed by atoms with Crippen LogP contribution in [0.2, 0.25) is 0 Å². The Morgan fingerprint density at radius 2 is 1.58 bits per heavy atom. The van der Waals surface area contributed by atoms with Crippen molar-refractivity contribution in [2.24, 2.45) is 0 Å². The first-order valence-electron chi connectivity index (χ1n) is 11.8. The zero-order valence-corrected chi connectivity index (χ0v) is 21.9. The molecule has 1 fully saturated rings. The lowest BCUT2D eigenvalue weighted by Gasteiger charge is -2.29. The van der Waals surface area contributed by atoms with Gasteiger partial charge < -0.3 is 25.2 Å². The number of aromatic hydroxyl groups is 1. The zero-order valence-electron chi connectivity index (χ0n) is 21.0. The molecule has 0 spiro atoms. The molecule has 0 saturated carbocycles. The Morgan fingerprint density at radius 1 is 0.947 bits per heavy atom. The van der Waals surface area contributed by atoms with E-state index in [0.717, 1.165) is 37.2 Å². The molecule has 0 radical (unpaired) electrons. The number of nitrogens with one attached hydrogen (secondary N) is 1. The number of ether oxygens (including phenoxy) is 1. The highest BCUT2D eigenvalue weighted by Crippen LogP contribution is 2.36. The molecule has 1 aliphatic rings. The number of carbonyl (C=O) groups is 2. The molecule has 0 bridgehead atoms. The fourth-order valence-corrected chi connectivity index (χ4v) is 4.12. The van der Waals surface area contributed by atoms with Gasteiger partial charge in [0.25, 0.3) is 16.0 Å². The molecule has 3 aromatic rings. The Labute approximate surface area is 221 Å². The molecule has 0 unspecified atom stereocenters. The van der Waals surface area contributed by atoms with Gasteiger partial charge >= 0.3 is 5.97 Å². The van der Waals surface area contributed by atoms with Crippen LogP contribution in [0.3, 0.4) is 0 Å². The van der Waals surface area contributed by atoms with Crippen LogP contribution >= 0.6 is 0 Å². The standard InChI is InChI=1S/C26H26N2O5.CH4O3S/c1-33-24-16-20(26(31)32)22(15-19(24)17-8-4-2-5-9-17)27-25(30)21-14-18(10-11-23(21)29)28-12-6-3-7-13-28;1-5(2,3)4/h2,4-5,8-11,14-16,29H,3,6-7,12-13H2,1H3,(H,27,30)(H,31,32);1H3,(H,2,3,4). The lowest BCUT2D eigenvalue weighted by molar-refractivity contribution is 0.0697. The Morgan fingerprint density at radius 3 is 2.16 bits per heavy atom. The number of nitrogens with zero attached hydrogens (tertiary/aromatic N) is 1. The molecule has 38 heavy (non-hydrogen) atoms. The Kier molecular flexibility index (Phi) is 9.32. The van der Waals surface area contributed by atoms with E-state index in [9.17, 15) is 28.2 Å². The van der Waals surface area contributed by atoms with Gasteiger partial charge in [-0.25, -0.2) is 4.79 Å². The molecule has 0 atom stereocenters. The van der Waals surface area contributed by atoms with Crippen LogP contribution in [0.5, 0.6) is 11.5 Å². The van der Waals surface area contributed by atoms with Crippen molar-refractivity contribution in [2.45, 2.75) is 19.3 Å². The highest BCUT2D eigenvalue weighted by atomic mass is 32.2. The third-order valence-electron chi connectivity index (χ3n) is 5.85. The second-order valence-electron chi connectivity index (χ2n) is 8.71. The molecule has 1 heterocycles. The maximum Gasteiger partial charge on any atom is 0.337 e. The number of carboxylic acids is 1. The highest BCUT2D eigenvalue weighted by molar-refractivity contribution is 7.85. The highest BCUT2D eigenvalue weighted by Gasteiger charge is 2.21. The molecule has 3 aromatic carbocycles. The minimum Gasteiger partial charge on any atom is -0.507 e. The molecular formula is C27H30N2O8S. The minimum atomic E-state index is -3.67. The molecule has 1 saturated heterocycles. The van der Waals surface area contributed by atoms with Crippen LogP contribution < -0.4 is 15.0 Å². The number of amides is 1. The number of carboxylic acid groups (broad SMARTS) is 1. The van der Waals surface area contributed by atoms with Gasteiger partial charge in [-0.1, -0.05) is 30.3 Å². The number of aromatic carboxylic acids is 1. The van der Waals surface area contributed by atoms with Crippen molar-refractivity contribution in [2.75, 3.05) is 36.7 Å². The number of hydrogen-bond acceptors (Lipinski definition) is 7. The van der Waals surface area contributed by atoms with E-state index in [1.165, 1.54) is 25.7 Å². The predicted molar refractivity (Wildman–Crippen MR) is 145 cm³/mol. The second-order valence-corrected chi connectivity index (χ2v) is 10.2. The van der Waals surface area contributed by atoms with E-state index in [-0.39, 0.29) is 22.6 Å². The van der Waals surface area contributed by atoms with E-state index in [4.69, 9.17) is 9.29 Å². The summed E-state index contributed by atoms with van der Waals surface area (Å²) in [6.07, 6.45) is 4.06. The SMILES string of the molecule is COc1cc(C(=O)O)c(NC(=O)c2cc(N3CCCCC3)ccc2O)cc1-c1ccccc1.CS(=O)(=O)O. The summed E-state index contributed by atoms with van der Waals surface area (Å²) in [6, 6.07) is 17.3. The minimum absolute atomic E-state index is 0.0893. The second kappa shape index (κ2) is 12.4. The first kappa shape index (κ1) is 28.5. The van der Waals surface area contributed by atoms with Crippen molar-refractivity contribution >= 4 is 33.4 Å². The van der Waals surface area contributed by atoms with Crippen LogP contribution in [0.4, 0.5) is 11.4 Å². The third kappa shape index (κ3) is 7.70. The molecular weight excluding hydrogens is 512 g/mol. The van der Waals surface area contributed by atoms with E-state index in [1.54, 1.807) is 18.2 Å². The predicted octanol–water partition coefficient (Wildman–Crippen LogP) is 4.51. The van der Waals surface area contributed by atoms with Crippen LogP contribution in [0.15, 0.2) is 60.7 Å². The van der Waals surface area contributed by atoms with E-state index < -0.39 is 22.0 Å². The van der Waals surface area contributed by atoms with Crippen molar-refractivity contribution in [1.29, 1.82) is 0 Å². The van der Waals surface area contributed by atoms with Crippen LogP contribution in [-0.4, -0.2) is 61.5 Å². The number of anilines is 2. The van der Waals surface area contributed by atoms with Crippen LogP contribution in [-0.2, 0) is 10.1 Å². The molecule has 10 nitrogen and oxygen atoms in total. The molecule has 11 heteroatoms. The van der Waals surface area contributed by atoms with Crippen molar-refractivity contribution in [3.05, 3.63) is 71.8 Å². The summed E-state index contributed by atoms with van der Waals surface area (Å²) in [4.78, 5) is 27.2. The normalized spacial score (nSPS) is 13.2. The molecule has 0 aliphatic carbocycles. The average Bonchev–Trinajstić information content (AvgIpc) is 2.88. The van der Waals surface area contributed by atoms with Crippen molar-refractivity contribution < 1.29 is 37.5 Å². The summed E-state index contributed by atoms with van der Waals surface area (Å²) >= 11 is 0. The number of benzene rings is 3. The molecule has 4 N–H and O–H groups in total. The molecule has 1 amide bonds. The van der Waals surface area contributed by atoms with E-state index in [0.29, 0.717) is 17.6 Å². The summed E-state index contributed by atoms with van der Waals surface area (Å²) in [7, 11) is -2.20. The van der Waals surface area contributed by atoms with Gasteiger partial charge in [0.1, 0.15) is 11.5 Å². The first-order valence-corrected chi connectivity index (χ1v) is 13.6. The maximum absolute atomic E-state index is 13.1. The lowest BCUT2D eigenvalue weighted by Crippen LogP contribution is -2.29. The monoisotopic (exact) mass is 542 g/mol. The topological polar surface area (TPSA) is 153 Å². The lowest BCUT2D eigenvalue weighted by atomic mass is 10.0. The fraction of sp³-hybridized carbons (Fsp3) is 0.259. The van der Waals surface area contributed by atoms with Crippen LogP contribution in [0.25, 0.3) is 11.1 Å². The van der Waals surface area contributed by atoms with Crippen LogP contribution in [0.1, 0.15) is 40.0 Å². The van der Waals surface area contributed by atoms with E-state index in [1.807, 2.05) is 30.3 Å². The third-order valence-corrected chi connectivity index (χ3v) is 5.85. The van der Waals surface area contributed by atoms with Crippen LogP contribution in [0, 0.1) is 0 Å². The van der Waals surface area contributed by atoms with Gasteiger partial charge in [0.05, 0.1) is 30.2 Å². The largest absolute Gasteiger partial charge is 0.507 e. The fourth-order valence-electron chi connectivity index (χ4n) is 4.12. The average molecular weight is 543 g/mol. The number of phenolic OH excluding ortho intramolecular Hbond substituents is 1. The Balaban J connectivity index is 0.000000732. The van der Waals surface area contributed by atoms with E-state index >= 15 is 0 Å². The number of hydrogen-bond donors (Lipinski definition) is 4. The quantitative estimate of drug-likeness (QED) is 0.329. The van der Waals surface area contributed by atoms with Gasteiger partial charge in [-0.3, -0.25) is 9.35 Å². The van der Waals surface area contributed by atoms with Gasteiger partial charge in [0, 0.05) is 24.3 Å². The van der Waals surface area contributed by atoms with Gasteiger partial charge in [-0.2, -0.15) is 8.42 Å². The summed E-state index contributed by atoms with van der Waals surface area (Å²) in [5, 5.41) is 22.8. The van der Waals surface area contributed by atoms with Gasteiger partial charge in [0.15, 0.2) is 0 Å². The Bertz CT molecular complexity index is 1390. The Hall–Kier alpha value is -4.09. The molecule has 4 rings (SSSR count). The van der Waals surface area contributed by atoms with Gasteiger partial charge in [-0.15, -0.1) is 0 Å². The summed E-state index contributed by atoms with van der Waals surface area (Å²) in [5.41, 5.74) is 2.42. The van der Waals surface area contributed by atoms with Crippen molar-refractivity contribution in [1.82, 2.24) is 0 Å². The maximum atomic E-state index is 13.1. The summed E-state index contributed by atoms with van der Waals surface area (Å²) in [5.74, 6) is -1.57. The smallest absolute Gasteiger partial charge is 0.337 e. The number of rotatable bonds is 6. The first-order chi connectivity index (χ1) is 18.0. The van der Waals surface area contributed by atoms with Crippen molar-refractivity contribution in [3.63, 3.8) is 0 Å². The number of piperidine rings is 1. The summed E-state index contributed by atoms with van der Waals surface area (Å²) in [6.45, 7) is 1.79. The molecule has 202 valence electrons. The van der Waals surface area contributed by atoms with Gasteiger partial charge in [0.2, 0.25) is 0 Å². The number of phenols is 1. The number of carbonyl (C=O) groups excluding carboxylic acids is 1.